The van der Waals surface area contributed by atoms with Crippen molar-refractivity contribution >= 4 is 23.0 Å². The van der Waals surface area contributed by atoms with E-state index in [2.05, 4.69) is 0 Å². The van der Waals surface area contributed by atoms with Gasteiger partial charge in [-0.25, -0.2) is 0 Å². The lowest BCUT2D eigenvalue weighted by molar-refractivity contribution is -0.137. The van der Waals surface area contributed by atoms with Gasteiger partial charge in [0, 0.05) is 12.3 Å². The van der Waals surface area contributed by atoms with Crippen molar-refractivity contribution in [2.24, 2.45) is 0 Å². The third kappa shape index (κ3) is 3.15. The van der Waals surface area contributed by atoms with Crippen LogP contribution in [0.4, 0.5) is 0 Å². The molecule has 2 rings (SSSR count). The smallest absolute Gasteiger partial charge is 0.303 e. The molecule has 0 aromatic heterocycles. The molecule has 2 aromatic rings. The van der Waals surface area contributed by atoms with Crippen LogP contribution >= 0.6 is 0 Å². The summed E-state index contributed by atoms with van der Waals surface area (Å²) in [5.74, 6) is -0.400. The summed E-state index contributed by atoms with van der Waals surface area (Å²) in [6.45, 7) is 0. The van der Waals surface area contributed by atoms with E-state index in [9.17, 15) is 9.59 Å². The van der Waals surface area contributed by atoms with E-state index in [1.165, 1.54) is 0 Å². The van der Waals surface area contributed by atoms with E-state index in [-0.39, 0.29) is 18.8 Å². The highest BCUT2D eigenvalue weighted by molar-refractivity contribution is 5.85. The van der Waals surface area contributed by atoms with Gasteiger partial charge in [0.05, 0.1) is 13.5 Å². The van der Waals surface area contributed by atoms with Crippen LogP contribution in [0.5, 0.6) is 5.75 Å². The number of carbonyl (C=O) groups excluding carboxylic acids is 1. The van der Waals surface area contributed by atoms with Crippen LogP contribution in [0.2, 0.25) is 0 Å². The van der Waals surface area contributed by atoms with Crippen LogP contribution in [0.3, 0.4) is 0 Å². The maximum atomic E-state index is 10.9. The van der Waals surface area contributed by atoms with E-state index < -0.39 is 5.97 Å². The molecule has 104 valence electrons. The van der Waals surface area contributed by atoms with Crippen LogP contribution < -0.4 is 4.74 Å². The topological polar surface area (TPSA) is 63.6 Å². The number of carboxylic acids is 1. The molecule has 0 aliphatic carbocycles. The molecule has 1 N–H and O–H groups in total. The fourth-order valence-electron chi connectivity index (χ4n) is 2.29. The van der Waals surface area contributed by atoms with Crippen molar-refractivity contribution < 1.29 is 19.4 Å². The van der Waals surface area contributed by atoms with Crippen LogP contribution in [0, 0.1) is 0 Å². The number of carbonyl (C=O) groups is 2. The molecular weight excluding hydrogens is 256 g/mol. The van der Waals surface area contributed by atoms with Gasteiger partial charge in [-0.1, -0.05) is 24.3 Å². The van der Waals surface area contributed by atoms with Crippen molar-refractivity contribution in [2.45, 2.75) is 18.8 Å². The van der Waals surface area contributed by atoms with Gasteiger partial charge in [0.1, 0.15) is 12.0 Å². The second-order valence-electron chi connectivity index (χ2n) is 4.67. The molecule has 0 radical (unpaired) electrons. The molecule has 2 aromatic carbocycles. The number of hydrogen-bond acceptors (Lipinski definition) is 3. The van der Waals surface area contributed by atoms with E-state index in [1.807, 2.05) is 36.4 Å². The summed E-state index contributed by atoms with van der Waals surface area (Å²) in [5, 5.41) is 10.9. The first-order valence-electron chi connectivity index (χ1n) is 6.37. The zero-order valence-corrected chi connectivity index (χ0v) is 11.2. The summed E-state index contributed by atoms with van der Waals surface area (Å²) in [6, 6.07) is 11.4. The zero-order valence-electron chi connectivity index (χ0n) is 11.2. The molecule has 0 aliphatic heterocycles. The van der Waals surface area contributed by atoms with Gasteiger partial charge in [0.2, 0.25) is 0 Å². The maximum absolute atomic E-state index is 10.9. The molecule has 0 saturated heterocycles. The summed E-state index contributed by atoms with van der Waals surface area (Å²) in [4.78, 5) is 21.6. The number of carboxylic acid groups (broad SMARTS) is 1. The molecule has 20 heavy (non-hydrogen) atoms. The number of aldehydes is 1. The predicted molar refractivity (Wildman–Crippen MR) is 76.2 cm³/mol. The number of fused-ring (bicyclic) bond motifs is 1. The Bertz CT molecular complexity index is 633. The van der Waals surface area contributed by atoms with E-state index in [0.29, 0.717) is 0 Å². The summed E-state index contributed by atoms with van der Waals surface area (Å²) in [7, 11) is 1.61. The number of ether oxygens (including phenoxy) is 1. The molecule has 0 bridgehead atoms. The highest BCUT2D eigenvalue weighted by atomic mass is 16.5. The predicted octanol–water partition coefficient (Wildman–Crippen LogP) is 3.00. The van der Waals surface area contributed by atoms with Crippen molar-refractivity contribution in [1.82, 2.24) is 0 Å². The van der Waals surface area contributed by atoms with E-state index >= 15 is 0 Å². The van der Waals surface area contributed by atoms with Gasteiger partial charge in [-0.3, -0.25) is 4.79 Å². The van der Waals surface area contributed by atoms with Gasteiger partial charge in [0.15, 0.2) is 0 Å². The van der Waals surface area contributed by atoms with Gasteiger partial charge in [-0.05, 0) is 28.5 Å². The van der Waals surface area contributed by atoms with Gasteiger partial charge >= 0.3 is 5.97 Å². The first-order chi connectivity index (χ1) is 9.63. The van der Waals surface area contributed by atoms with Gasteiger partial charge in [-0.15, -0.1) is 0 Å². The van der Waals surface area contributed by atoms with Crippen molar-refractivity contribution in [2.75, 3.05) is 7.11 Å². The van der Waals surface area contributed by atoms with Gasteiger partial charge < -0.3 is 14.6 Å². The van der Waals surface area contributed by atoms with Crippen LogP contribution in [-0.4, -0.2) is 24.5 Å². The first-order valence-corrected chi connectivity index (χ1v) is 6.37. The Hall–Kier alpha value is -2.36. The van der Waals surface area contributed by atoms with Crippen LogP contribution in [0.25, 0.3) is 10.8 Å². The third-order valence-electron chi connectivity index (χ3n) is 3.34. The zero-order chi connectivity index (χ0) is 14.5. The Morgan fingerprint density at radius 2 is 1.95 bits per heavy atom. The van der Waals surface area contributed by atoms with E-state index in [4.69, 9.17) is 9.84 Å². The largest absolute Gasteiger partial charge is 0.497 e. The Morgan fingerprint density at radius 3 is 2.60 bits per heavy atom. The van der Waals surface area contributed by atoms with E-state index in [1.54, 1.807) is 7.11 Å². The molecule has 0 amide bonds. The Balaban J connectivity index is 2.38. The van der Waals surface area contributed by atoms with Crippen LogP contribution in [-0.2, 0) is 9.59 Å². The summed E-state index contributed by atoms with van der Waals surface area (Å²) < 4.78 is 5.17. The number of rotatable bonds is 6. The first kappa shape index (κ1) is 14.1. The standard InChI is InChI=1S/C16H16O4/c1-20-15-5-4-12-8-11(2-3-13(12)9-15)14(6-7-17)10-16(18)19/h2-5,7-9,14H,6,10H2,1H3,(H,18,19). The second kappa shape index (κ2) is 6.19. The average Bonchev–Trinajstić information content (AvgIpc) is 2.45. The van der Waals surface area contributed by atoms with Crippen molar-refractivity contribution in [3.05, 3.63) is 42.0 Å². The van der Waals surface area contributed by atoms with Gasteiger partial charge in [0.25, 0.3) is 0 Å². The Labute approximate surface area is 117 Å². The molecule has 1 unspecified atom stereocenters. The molecule has 0 fully saturated rings. The minimum absolute atomic E-state index is 0.0413. The maximum Gasteiger partial charge on any atom is 0.303 e. The lowest BCUT2D eigenvalue weighted by Gasteiger charge is -2.13. The van der Waals surface area contributed by atoms with Crippen molar-refractivity contribution in [3.63, 3.8) is 0 Å². The number of hydrogen-bond donors (Lipinski definition) is 1. The normalized spacial score (nSPS) is 12.1. The van der Waals surface area contributed by atoms with Crippen LogP contribution in [0.1, 0.15) is 24.3 Å². The SMILES string of the molecule is COc1ccc2cc(C(CC=O)CC(=O)O)ccc2c1. The molecule has 0 aliphatic rings. The lowest BCUT2D eigenvalue weighted by Crippen LogP contribution is -2.07. The summed E-state index contributed by atoms with van der Waals surface area (Å²) >= 11 is 0. The Morgan fingerprint density at radius 1 is 1.25 bits per heavy atom. The number of aliphatic carboxylic acids is 1. The molecule has 4 heteroatoms. The fraction of sp³-hybridized carbons (Fsp3) is 0.250. The molecular formula is C16H16O4. The quantitative estimate of drug-likeness (QED) is 0.821. The molecule has 0 spiro atoms. The lowest BCUT2D eigenvalue weighted by atomic mass is 9.91. The second-order valence-corrected chi connectivity index (χ2v) is 4.67. The summed E-state index contributed by atoms with van der Waals surface area (Å²) in [5.41, 5.74) is 0.872. The average molecular weight is 272 g/mol. The van der Waals surface area contributed by atoms with Gasteiger partial charge in [-0.2, -0.15) is 0 Å². The minimum Gasteiger partial charge on any atom is -0.497 e. The number of benzene rings is 2. The van der Waals surface area contributed by atoms with Crippen LogP contribution in [0.15, 0.2) is 36.4 Å². The van der Waals surface area contributed by atoms with Crippen molar-refractivity contribution in [1.29, 1.82) is 0 Å². The molecule has 4 nitrogen and oxygen atoms in total. The Kier molecular flexibility index (Phi) is 4.35. The van der Waals surface area contributed by atoms with E-state index in [0.717, 1.165) is 28.4 Å². The number of methoxy groups -OCH3 is 1. The monoisotopic (exact) mass is 272 g/mol. The molecule has 1 atom stereocenters. The third-order valence-corrected chi connectivity index (χ3v) is 3.34. The van der Waals surface area contributed by atoms with Crippen molar-refractivity contribution in [3.8, 4) is 5.75 Å². The summed E-state index contributed by atoms with van der Waals surface area (Å²) in [6.07, 6.45) is 0.945. The minimum atomic E-state index is -0.897. The molecule has 0 heterocycles. The fourth-order valence-corrected chi connectivity index (χ4v) is 2.29. The highest BCUT2D eigenvalue weighted by Crippen LogP contribution is 2.28. The highest BCUT2D eigenvalue weighted by Gasteiger charge is 2.15. The molecule has 0 saturated carbocycles.